The molecule has 0 aliphatic rings. The quantitative estimate of drug-likeness (QED) is 0.0984. The summed E-state index contributed by atoms with van der Waals surface area (Å²) in [6, 6.07) is 21.2. The van der Waals surface area contributed by atoms with Crippen LogP contribution in [0.5, 0.6) is 0 Å². The molecular weight excluding hydrogens is 510 g/mol. The number of ether oxygens (including phenoxy) is 1. The first-order valence-corrected chi connectivity index (χ1v) is 13.9. The van der Waals surface area contributed by atoms with Crippen molar-refractivity contribution in [2.24, 2.45) is 0 Å². The molecule has 7 heteroatoms. The number of halogens is 1. The Hall–Kier alpha value is -2.93. The van der Waals surface area contributed by atoms with Gasteiger partial charge in [0, 0.05) is 28.5 Å². The lowest BCUT2D eigenvalue weighted by Crippen LogP contribution is -2.32. The Morgan fingerprint density at radius 1 is 1.00 bits per heavy atom. The van der Waals surface area contributed by atoms with Crippen molar-refractivity contribution in [2.75, 3.05) is 12.4 Å². The predicted molar refractivity (Wildman–Crippen MR) is 147 cm³/mol. The van der Waals surface area contributed by atoms with Crippen LogP contribution in [0.2, 0.25) is 5.02 Å². The van der Waals surface area contributed by atoms with Crippen LogP contribution in [0.3, 0.4) is 0 Å². The Morgan fingerprint density at radius 3 is 2.36 bits per heavy atom. The van der Waals surface area contributed by atoms with Gasteiger partial charge in [-0.3, -0.25) is 9.59 Å². The van der Waals surface area contributed by atoms with E-state index in [4.69, 9.17) is 16.3 Å². The highest BCUT2D eigenvalue weighted by Gasteiger charge is 2.31. The molecule has 0 unspecified atom stereocenters. The van der Waals surface area contributed by atoms with Crippen LogP contribution in [0.1, 0.15) is 38.8 Å². The van der Waals surface area contributed by atoms with Crippen molar-refractivity contribution in [3.05, 3.63) is 111 Å². The monoisotopic (exact) mass is 536 g/mol. The molecule has 0 N–H and O–H groups in total. The number of ketones is 1. The molecule has 0 aliphatic heterocycles. The minimum absolute atomic E-state index is 0.0223. The fraction of sp³-hybridized carbons (Fsp3) is 0.207. The van der Waals surface area contributed by atoms with Crippen LogP contribution in [-0.4, -0.2) is 24.1 Å². The molecule has 0 fully saturated rings. The van der Waals surface area contributed by atoms with Gasteiger partial charge in [-0.15, -0.1) is 23.1 Å². The van der Waals surface area contributed by atoms with Gasteiger partial charge in [0.05, 0.1) is 23.5 Å². The molecule has 0 saturated carbocycles. The van der Waals surface area contributed by atoms with Crippen molar-refractivity contribution in [1.82, 2.24) is 0 Å². The molecule has 0 amide bonds. The van der Waals surface area contributed by atoms with Crippen molar-refractivity contribution in [3.63, 3.8) is 0 Å². The average Bonchev–Trinajstić information content (AvgIpc) is 3.23. The molecule has 0 saturated heterocycles. The number of hydrogen-bond acceptors (Lipinski definition) is 5. The second-order valence-electron chi connectivity index (χ2n) is 8.23. The van der Waals surface area contributed by atoms with Gasteiger partial charge in [0.15, 0.2) is 12.4 Å². The lowest BCUT2D eigenvalue weighted by Gasteiger charge is -2.06. The number of benzene rings is 2. The Balaban J connectivity index is 1.78. The van der Waals surface area contributed by atoms with E-state index in [2.05, 4.69) is 12.1 Å². The van der Waals surface area contributed by atoms with E-state index in [1.807, 2.05) is 54.2 Å². The van der Waals surface area contributed by atoms with Crippen molar-refractivity contribution >= 4 is 46.5 Å². The molecule has 4 aromatic rings. The second kappa shape index (κ2) is 12.3. The Morgan fingerprint density at radius 2 is 1.69 bits per heavy atom. The molecule has 4 nitrogen and oxygen atoms in total. The van der Waals surface area contributed by atoms with Crippen molar-refractivity contribution < 1.29 is 18.9 Å². The first-order valence-electron chi connectivity index (χ1n) is 11.7. The van der Waals surface area contributed by atoms with Crippen LogP contribution < -0.4 is 4.57 Å². The Bertz CT molecular complexity index is 1330. The van der Waals surface area contributed by atoms with Crippen LogP contribution in [0.4, 0.5) is 0 Å². The standard InChI is InChI=1S/C29H27ClNO3S2/c1-3-34-25(32)19-24-26(31-16-13-20(2)14-17-31)29(35-18-15-21-7-5-4-6-8-21)36-28(24)27(33)22-9-11-23(30)12-10-22/h4-14,16-17H,3,15,18-19H2,1-2H3/q+1. The maximum absolute atomic E-state index is 13.7. The third kappa shape index (κ3) is 6.44. The summed E-state index contributed by atoms with van der Waals surface area (Å²) in [4.78, 5) is 26.9. The third-order valence-electron chi connectivity index (χ3n) is 5.61. The molecule has 0 aliphatic carbocycles. The predicted octanol–water partition coefficient (Wildman–Crippen LogP) is 6.66. The first kappa shape index (κ1) is 26.1. The first-order chi connectivity index (χ1) is 17.5. The summed E-state index contributed by atoms with van der Waals surface area (Å²) in [5, 5.41) is 0.567. The van der Waals surface area contributed by atoms with E-state index >= 15 is 0 Å². The topological polar surface area (TPSA) is 47.3 Å². The lowest BCUT2D eigenvalue weighted by atomic mass is 10.0. The Labute approximate surface area is 224 Å². The lowest BCUT2D eigenvalue weighted by molar-refractivity contribution is -0.598. The van der Waals surface area contributed by atoms with E-state index in [1.54, 1.807) is 43.0 Å². The van der Waals surface area contributed by atoms with Gasteiger partial charge in [0.1, 0.15) is 4.21 Å². The van der Waals surface area contributed by atoms with Crippen LogP contribution in [0, 0.1) is 6.92 Å². The molecule has 2 aromatic heterocycles. The number of thioether (sulfide) groups is 1. The van der Waals surface area contributed by atoms with Crippen LogP contribution in [-0.2, 0) is 22.4 Å². The van der Waals surface area contributed by atoms with E-state index in [1.165, 1.54) is 16.9 Å². The second-order valence-corrected chi connectivity index (χ2v) is 11.1. The van der Waals surface area contributed by atoms with Gasteiger partial charge in [0.25, 0.3) is 0 Å². The molecule has 36 heavy (non-hydrogen) atoms. The van der Waals surface area contributed by atoms with Gasteiger partial charge in [-0.2, -0.15) is 4.57 Å². The summed E-state index contributed by atoms with van der Waals surface area (Å²) >= 11 is 9.19. The smallest absolute Gasteiger partial charge is 0.310 e. The van der Waals surface area contributed by atoms with Crippen molar-refractivity contribution in [2.45, 2.75) is 30.9 Å². The normalized spacial score (nSPS) is 10.9. The molecular formula is C29H27ClNO3S2+. The van der Waals surface area contributed by atoms with Gasteiger partial charge >= 0.3 is 5.97 Å². The maximum atomic E-state index is 13.7. The number of aromatic nitrogens is 1. The number of pyridine rings is 1. The summed E-state index contributed by atoms with van der Waals surface area (Å²) in [6.07, 6.45) is 4.87. The van der Waals surface area contributed by atoms with Gasteiger partial charge in [0.2, 0.25) is 11.5 Å². The highest BCUT2D eigenvalue weighted by Crippen LogP contribution is 2.39. The maximum Gasteiger partial charge on any atom is 0.310 e. The zero-order valence-corrected chi connectivity index (χ0v) is 22.6. The molecule has 4 rings (SSSR count). The van der Waals surface area contributed by atoms with Crippen molar-refractivity contribution in [1.29, 1.82) is 0 Å². The fourth-order valence-corrected chi connectivity index (χ4v) is 6.55. The molecule has 2 aromatic carbocycles. The number of esters is 1. The van der Waals surface area contributed by atoms with Gasteiger partial charge in [-0.1, -0.05) is 41.9 Å². The largest absolute Gasteiger partial charge is 0.466 e. The number of carbonyl (C=O) groups is 2. The summed E-state index contributed by atoms with van der Waals surface area (Å²) in [6.45, 7) is 4.10. The highest BCUT2D eigenvalue weighted by atomic mass is 35.5. The minimum Gasteiger partial charge on any atom is -0.466 e. The van der Waals surface area contributed by atoms with E-state index in [9.17, 15) is 9.59 Å². The summed E-state index contributed by atoms with van der Waals surface area (Å²) in [7, 11) is 0. The van der Waals surface area contributed by atoms with Crippen LogP contribution in [0.15, 0.2) is 83.3 Å². The SMILES string of the molecule is CCOC(=O)Cc1c(C(=O)c2ccc(Cl)cc2)sc(SCCc2ccccc2)c1-[n+]1ccc(C)cc1. The number of aryl methyl sites for hydroxylation is 2. The molecule has 0 radical (unpaired) electrons. The van der Waals surface area contributed by atoms with E-state index < -0.39 is 0 Å². The minimum atomic E-state index is -0.352. The number of carbonyl (C=O) groups excluding carboxylic acids is 2. The average molecular weight is 537 g/mol. The van der Waals surface area contributed by atoms with Crippen LogP contribution in [0.25, 0.3) is 5.69 Å². The van der Waals surface area contributed by atoms with E-state index in [0.717, 1.165) is 27.6 Å². The molecule has 0 atom stereocenters. The van der Waals surface area contributed by atoms with Gasteiger partial charge in [-0.05, 0) is 55.7 Å². The Kier molecular flexibility index (Phi) is 8.97. The molecule has 0 bridgehead atoms. The summed E-state index contributed by atoms with van der Waals surface area (Å²) in [5.74, 6) is 0.368. The van der Waals surface area contributed by atoms with E-state index in [-0.39, 0.29) is 24.8 Å². The highest BCUT2D eigenvalue weighted by molar-refractivity contribution is 8.01. The zero-order chi connectivity index (χ0) is 25.5. The summed E-state index contributed by atoms with van der Waals surface area (Å²) < 4.78 is 8.28. The number of nitrogens with zero attached hydrogens (tertiary/aromatic N) is 1. The molecule has 0 spiro atoms. The molecule has 2 heterocycles. The fourth-order valence-electron chi connectivity index (χ4n) is 3.78. The van der Waals surface area contributed by atoms with Gasteiger partial charge < -0.3 is 4.74 Å². The van der Waals surface area contributed by atoms with Gasteiger partial charge in [-0.25, -0.2) is 0 Å². The number of hydrogen-bond donors (Lipinski definition) is 0. The number of thiophene rings is 1. The van der Waals surface area contributed by atoms with Crippen molar-refractivity contribution in [3.8, 4) is 5.69 Å². The van der Waals surface area contributed by atoms with E-state index in [0.29, 0.717) is 21.0 Å². The number of rotatable bonds is 10. The molecule has 184 valence electrons. The zero-order valence-electron chi connectivity index (χ0n) is 20.2. The summed E-state index contributed by atoms with van der Waals surface area (Å²) in [5.41, 5.74) is 4.48. The third-order valence-corrected chi connectivity index (χ3v) is 8.34. The van der Waals surface area contributed by atoms with Crippen LogP contribution >= 0.6 is 34.7 Å².